The first kappa shape index (κ1) is 35.3. The second-order valence-electron chi connectivity index (χ2n) is 14.7. The molecule has 0 saturated carbocycles. The lowest BCUT2D eigenvalue weighted by Crippen LogP contribution is -2.56. The van der Waals surface area contributed by atoms with Gasteiger partial charge in [0.25, 0.3) is 0 Å². The van der Waals surface area contributed by atoms with Crippen LogP contribution in [0.15, 0.2) is 60.8 Å². The number of amides is 3. The molecule has 3 N–H and O–H groups in total. The number of carbonyl (C=O) groups is 3. The average molecular weight is 756 g/mol. The fourth-order valence-corrected chi connectivity index (χ4v) is 9.23. The zero-order valence-electron chi connectivity index (χ0n) is 29.3. The van der Waals surface area contributed by atoms with Crippen molar-refractivity contribution >= 4 is 41.1 Å². The number of hydrogen-bond donors (Lipinski definition) is 3. The van der Waals surface area contributed by atoms with Crippen LogP contribution >= 0.6 is 23.2 Å². The molecule has 11 nitrogen and oxygen atoms in total. The number of nitrogens with zero attached hydrogens (tertiary/aromatic N) is 4. The molecule has 3 fully saturated rings. The van der Waals surface area contributed by atoms with Crippen molar-refractivity contribution in [3.05, 3.63) is 87.5 Å². The molecular weight excluding hydrogens is 715 g/mol. The molecule has 1 aliphatic carbocycles. The molecule has 0 bridgehead atoms. The number of fused-ring (bicyclic) bond motifs is 1. The maximum Gasteiger partial charge on any atom is 0.407 e. The van der Waals surface area contributed by atoms with E-state index < -0.39 is 6.09 Å². The third kappa shape index (κ3) is 6.82. The largest absolute Gasteiger partial charge is 0.481 e. The Bertz CT molecular complexity index is 2120. The van der Waals surface area contributed by atoms with Crippen LogP contribution in [0.2, 0.25) is 10.0 Å². The summed E-state index contributed by atoms with van der Waals surface area (Å²) >= 11 is 14.3. The number of ether oxygens (including phenoxy) is 1. The predicted octanol–water partition coefficient (Wildman–Crippen LogP) is 6.75. The van der Waals surface area contributed by atoms with Gasteiger partial charge in [-0.05, 0) is 55.0 Å². The number of hydrogen-bond acceptors (Lipinski definition) is 7. The minimum absolute atomic E-state index is 0.0334. The molecule has 4 aromatic rings. The average Bonchev–Trinajstić information content (AvgIpc) is 3.75. The molecule has 2 aromatic carbocycles. The van der Waals surface area contributed by atoms with Gasteiger partial charge in [-0.25, -0.2) is 9.78 Å². The lowest BCUT2D eigenvalue weighted by atomic mass is 9.79. The first-order valence-corrected chi connectivity index (χ1v) is 18.8. The molecule has 274 valence electrons. The molecule has 4 aliphatic rings. The van der Waals surface area contributed by atoms with Gasteiger partial charge >= 0.3 is 6.09 Å². The summed E-state index contributed by atoms with van der Waals surface area (Å²) in [7, 11) is 1.61. The second kappa shape index (κ2) is 14.3. The Morgan fingerprint density at radius 2 is 1.83 bits per heavy atom. The minimum atomic E-state index is -0.990. The number of carbonyl (C=O) groups excluding carboxylic acids is 2. The van der Waals surface area contributed by atoms with Gasteiger partial charge in [0.2, 0.25) is 17.7 Å². The Hall–Kier alpha value is -4.71. The Morgan fingerprint density at radius 1 is 1.02 bits per heavy atom. The lowest BCUT2D eigenvalue weighted by Gasteiger charge is -2.47. The molecule has 13 heteroatoms. The number of pyridine rings is 2. The van der Waals surface area contributed by atoms with E-state index in [9.17, 15) is 19.5 Å². The highest BCUT2D eigenvalue weighted by Gasteiger charge is 2.48. The van der Waals surface area contributed by atoms with Crippen molar-refractivity contribution in [1.82, 2.24) is 30.4 Å². The predicted molar refractivity (Wildman–Crippen MR) is 202 cm³/mol. The molecule has 3 saturated heterocycles. The number of aryl methyl sites for hydroxylation is 1. The van der Waals surface area contributed by atoms with E-state index in [4.69, 9.17) is 32.9 Å². The van der Waals surface area contributed by atoms with Crippen molar-refractivity contribution in [2.75, 3.05) is 33.3 Å². The van der Waals surface area contributed by atoms with Gasteiger partial charge in [0.15, 0.2) is 0 Å². The maximum absolute atomic E-state index is 12.4. The number of benzene rings is 2. The monoisotopic (exact) mass is 754 g/mol. The van der Waals surface area contributed by atoms with E-state index >= 15 is 0 Å². The normalized spacial score (nSPS) is 20.4. The van der Waals surface area contributed by atoms with Crippen molar-refractivity contribution < 1.29 is 24.2 Å². The summed E-state index contributed by atoms with van der Waals surface area (Å²) in [5.41, 5.74) is 7.35. The summed E-state index contributed by atoms with van der Waals surface area (Å²) in [5.74, 6) is 0.624. The van der Waals surface area contributed by atoms with Crippen molar-refractivity contribution in [3.63, 3.8) is 0 Å². The van der Waals surface area contributed by atoms with E-state index in [-0.39, 0.29) is 35.9 Å². The molecule has 1 unspecified atom stereocenters. The summed E-state index contributed by atoms with van der Waals surface area (Å²) in [4.78, 5) is 49.3. The molecule has 3 amide bonds. The molecule has 1 spiro atoms. The van der Waals surface area contributed by atoms with E-state index in [1.54, 1.807) is 13.3 Å². The van der Waals surface area contributed by atoms with Gasteiger partial charge in [-0.3, -0.25) is 24.4 Å². The zero-order valence-corrected chi connectivity index (χ0v) is 30.8. The number of rotatable bonds is 9. The van der Waals surface area contributed by atoms with Crippen LogP contribution in [0.5, 0.6) is 5.88 Å². The molecule has 0 radical (unpaired) electrons. The number of nitrogens with one attached hydrogen (secondary N) is 2. The third-order valence-electron chi connectivity index (χ3n) is 11.1. The number of halogens is 2. The summed E-state index contributed by atoms with van der Waals surface area (Å²) in [6.45, 7) is 3.39. The Balaban J connectivity index is 1.04. The topological polar surface area (TPSA) is 137 Å². The van der Waals surface area contributed by atoms with Crippen LogP contribution in [0.25, 0.3) is 33.6 Å². The highest BCUT2D eigenvalue weighted by Crippen LogP contribution is 2.44. The minimum Gasteiger partial charge on any atom is -0.481 e. The number of likely N-dealkylation sites (tertiary alicyclic amines) is 1. The quantitative estimate of drug-likeness (QED) is 0.171. The van der Waals surface area contributed by atoms with Crippen LogP contribution in [0.3, 0.4) is 0 Å². The maximum atomic E-state index is 12.4. The van der Waals surface area contributed by atoms with E-state index in [1.807, 2.05) is 48.5 Å². The highest BCUT2D eigenvalue weighted by atomic mass is 35.5. The number of aromatic nitrogens is 2. The van der Waals surface area contributed by atoms with E-state index in [0.29, 0.717) is 59.5 Å². The number of carboxylic acid groups (broad SMARTS) is 1. The summed E-state index contributed by atoms with van der Waals surface area (Å²) < 4.78 is 5.73. The lowest BCUT2D eigenvalue weighted by molar-refractivity contribution is -0.121. The van der Waals surface area contributed by atoms with Crippen molar-refractivity contribution in [1.29, 1.82) is 0 Å². The molecule has 2 aromatic heterocycles. The molecule has 3 aliphatic heterocycles. The van der Waals surface area contributed by atoms with Crippen LogP contribution in [-0.4, -0.2) is 82.1 Å². The van der Waals surface area contributed by atoms with Crippen LogP contribution < -0.4 is 15.4 Å². The van der Waals surface area contributed by atoms with Gasteiger partial charge in [0.05, 0.1) is 34.6 Å². The van der Waals surface area contributed by atoms with Gasteiger partial charge in [0.1, 0.15) is 0 Å². The van der Waals surface area contributed by atoms with Crippen molar-refractivity contribution in [3.8, 4) is 39.5 Å². The second-order valence-corrected chi connectivity index (χ2v) is 15.5. The molecule has 8 rings (SSSR count). The van der Waals surface area contributed by atoms with Gasteiger partial charge in [-0.2, -0.15) is 0 Å². The first-order chi connectivity index (χ1) is 25.6. The first-order valence-electron chi connectivity index (χ1n) is 18.0. The highest BCUT2D eigenvalue weighted by molar-refractivity contribution is 6.39. The van der Waals surface area contributed by atoms with Crippen LogP contribution in [-0.2, 0) is 22.6 Å². The number of methoxy groups -OCH3 is 1. The van der Waals surface area contributed by atoms with Gasteiger partial charge in [0, 0.05) is 91.0 Å². The van der Waals surface area contributed by atoms with Crippen LogP contribution in [0, 0.1) is 5.41 Å². The van der Waals surface area contributed by atoms with Crippen molar-refractivity contribution in [2.24, 2.45) is 5.41 Å². The van der Waals surface area contributed by atoms with Crippen LogP contribution in [0.1, 0.15) is 54.8 Å². The molecule has 2 atom stereocenters. The van der Waals surface area contributed by atoms with E-state index in [1.165, 1.54) is 4.90 Å². The smallest absolute Gasteiger partial charge is 0.407 e. The van der Waals surface area contributed by atoms with Crippen LogP contribution in [0.4, 0.5) is 4.79 Å². The van der Waals surface area contributed by atoms with E-state index in [2.05, 4.69) is 26.6 Å². The SMILES string of the molecule is COc1nc(-c2cccc(-c3ccnc(-c4ccc5c(c4)CCC[C@H]5N(CC4CCC(=O)N4)C(=O)O)c3Cl)c2Cl)ccc1CN1CC2(CNC(=O)C2)C1. The molecule has 5 heterocycles. The summed E-state index contributed by atoms with van der Waals surface area (Å²) in [6.07, 6.45) is 4.73. The van der Waals surface area contributed by atoms with Gasteiger partial charge in [-0.1, -0.05) is 59.6 Å². The third-order valence-corrected chi connectivity index (χ3v) is 11.9. The fraction of sp³-hybridized carbons (Fsp3) is 0.375. The molecule has 53 heavy (non-hydrogen) atoms. The van der Waals surface area contributed by atoms with E-state index in [0.717, 1.165) is 71.4 Å². The molecular formula is C40H40Cl2N6O5. The fourth-order valence-electron chi connectivity index (χ4n) is 8.59. The summed E-state index contributed by atoms with van der Waals surface area (Å²) in [5, 5.41) is 17.0. The standard InChI is InChI=1S/C40H40Cl2N6O5/c1-53-38-25(18-47-21-40(22-47)17-34(50)44-20-40)9-12-31(46-38)30-6-3-5-28(35(30)41)29-14-15-43-37(36(29)42)24-8-11-27-23(16-24)4-2-7-32(27)48(39(51)52)19-26-10-13-33(49)45-26/h3,5-6,8-9,11-12,14-16,26,32H,2,4,7,10,13,17-22H2,1H3,(H,44,50)(H,45,49)(H,51,52)/t26?,32-/m1/s1. The Morgan fingerprint density at radius 3 is 2.57 bits per heavy atom. The summed E-state index contributed by atoms with van der Waals surface area (Å²) in [6, 6.07) is 17.1. The van der Waals surface area contributed by atoms with Gasteiger partial charge < -0.3 is 20.5 Å². The van der Waals surface area contributed by atoms with Gasteiger partial charge in [-0.15, -0.1) is 0 Å². The Labute approximate surface area is 317 Å². The van der Waals surface area contributed by atoms with Crippen molar-refractivity contribution in [2.45, 2.75) is 57.2 Å². The Kier molecular flexibility index (Phi) is 9.51. The zero-order chi connectivity index (χ0) is 36.9.